The number of thioether (sulfide) groups is 1. The molecule has 0 amide bonds. The van der Waals surface area contributed by atoms with Gasteiger partial charge in [-0.3, -0.25) is 4.79 Å². The molecule has 6 heteroatoms. The summed E-state index contributed by atoms with van der Waals surface area (Å²) in [4.78, 5) is 17.8. The molecule has 96 valence electrons. The highest BCUT2D eigenvalue weighted by Gasteiger charge is 2.15. The van der Waals surface area contributed by atoms with E-state index in [1.54, 1.807) is 5.38 Å². The molecule has 1 atom stereocenters. The van der Waals surface area contributed by atoms with Crippen LogP contribution in [0.5, 0.6) is 0 Å². The van der Waals surface area contributed by atoms with Crippen LogP contribution in [0.15, 0.2) is 5.38 Å². The second-order valence-electron chi connectivity index (χ2n) is 3.81. The molecule has 1 unspecified atom stereocenters. The van der Waals surface area contributed by atoms with Gasteiger partial charge in [0.05, 0.1) is 5.88 Å². The molecular formula is C11H17ClN2OS2. The van der Waals surface area contributed by atoms with Gasteiger partial charge in [-0.25, -0.2) is 4.98 Å². The second kappa shape index (κ2) is 7.24. The Morgan fingerprint density at radius 2 is 2.41 bits per heavy atom. The van der Waals surface area contributed by atoms with Crippen LogP contribution in [0, 0.1) is 0 Å². The minimum absolute atomic E-state index is 0.00504. The fraction of sp³-hybridized carbons (Fsp3) is 0.636. The van der Waals surface area contributed by atoms with E-state index in [1.807, 2.05) is 18.8 Å². The van der Waals surface area contributed by atoms with Crippen molar-refractivity contribution in [3.63, 3.8) is 0 Å². The van der Waals surface area contributed by atoms with Gasteiger partial charge in [0.25, 0.3) is 0 Å². The van der Waals surface area contributed by atoms with E-state index in [9.17, 15) is 4.79 Å². The number of rotatable bonds is 7. The average molecular weight is 293 g/mol. The Morgan fingerprint density at radius 1 is 1.71 bits per heavy atom. The highest BCUT2D eigenvalue weighted by atomic mass is 35.5. The highest BCUT2D eigenvalue weighted by molar-refractivity contribution is 7.98. The van der Waals surface area contributed by atoms with Crippen molar-refractivity contribution in [1.29, 1.82) is 0 Å². The molecule has 1 rings (SSSR count). The van der Waals surface area contributed by atoms with Crippen molar-refractivity contribution in [1.82, 2.24) is 4.98 Å². The third kappa shape index (κ3) is 4.16. The number of nitrogens with zero attached hydrogens (tertiary/aromatic N) is 2. The van der Waals surface area contributed by atoms with Crippen molar-refractivity contribution in [2.24, 2.45) is 0 Å². The molecule has 1 heterocycles. The summed E-state index contributed by atoms with van der Waals surface area (Å²) in [6.45, 7) is 2.17. The van der Waals surface area contributed by atoms with E-state index in [0.717, 1.165) is 17.3 Å². The molecule has 1 aromatic rings. The number of Topliss-reactive ketones (excluding diaryl/α,β-unsaturated/α-hetero) is 1. The zero-order valence-corrected chi connectivity index (χ0v) is 12.7. The summed E-state index contributed by atoms with van der Waals surface area (Å²) in [5, 5.41) is 2.66. The van der Waals surface area contributed by atoms with Gasteiger partial charge < -0.3 is 4.90 Å². The SMILES string of the molecule is CSCCC(C)N(C)c1nc(C(=O)CCl)cs1. The van der Waals surface area contributed by atoms with E-state index in [1.165, 1.54) is 11.3 Å². The summed E-state index contributed by atoms with van der Waals surface area (Å²) < 4.78 is 0. The molecule has 0 aliphatic carbocycles. The summed E-state index contributed by atoms with van der Waals surface area (Å²) in [7, 11) is 2.01. The highest BCUT2D eigenvalue weighted by Crippen LogP contribution is 2.22. The van der Waals surface area contributed by atoms with E-state index in [-0.39, 0.29) is 11.7 Å². The van der Waals surface area contributed by atoms with Gasteiger partial charge in [-0.15, -0.1) is 22.9 Å². The first-order chi connectivity index (χ1) is 8.10. The molecule has 0 aliphatic rings. The van der Waals surface area contributed by atoms with E-state index in [2.05, 4.69) is 23.1 Å². The average Bonchev–Trinajstić information content (AvgIpc) is 2.83. The lowest BCUT2D eigenvalue weighted by Gasteiger charge is -2.23. The van der Waals surface area contributed by atoms with Crippen LogP contribution < -0.4 is 4.90 Å². The first-order valence-electron chi connectivity index (χ1n) is 5.36. The first kappa shape index (κ1) is 14.8. The van der Waals surface area contributed by atoms with Gasteiger partial charge in [0.1, 0.15) is 5.69 Å². The van der Waals surface area contributed by atoms with Gasteiger partial charge in [0, 0.05) is 18.5 Å². The summed E-state index contributed by atoms with van der Waals surface area (Å²) in [5.74, 6) is 1.01. The predicted molar refractivity (Wildman–Crippen MR) is 78.0 cm³/mol. The second-order valence-corrected chi connectivity index (χ2v) is 5.90. The fourth-order valence-electron chi connectivity index (χ4n) is 1.29. The van der Waals surface area contributed by atoms with Gasteiger partial charge in [-0.05, 0) is 25.4 Å². The zero-order valence-electron chi connectivity index (χ0n) is 10.3. The van der Waals surface area contributed by atoms with Crippen LogP contribution in [0.25, 0.3) is 0 Å². The van der Waals surface area contributed by atoms with Gasteiger partial charge in [-0.2, -0.15) is 11.8 Å². The lowest BCUT2D eigenvalue weighted by atomic mass is 10.2. The molecule has 0 spiro atoms. The molecule has 0 aliphatic heterocycles. The maximum atomic E-state index is 11.4. The standard InChI is InChI=1S/C11H17ClN2OS2/c1-8(4-5-16-3)14(2)11-13-9(7-17-11)10(15)6-12/h7-8H,4-6H2,1-3H3. The van der Waals surface area contributed by atoms with Crippen molar-refractivity contribution in [2.75, 3.05) is 29.8 Å². The number of alkyl halides is 1. The normalized spacial score (nSPS) is 12.5. The Kier molecular flexibility index (Phi) is 6.30. The van der Waals surface area contributed by atoms with Crippen LogP contribution in [0.3, 0.4) is 0 Å². The van der Waals surface area contributed by atoms with Crippen molar-refractivity contribution in [3.8, 4) is 0 Å². The quantitative estimate of drug-likeness (QED) is 0.571. The molecule has 0 saturated heterocycles. The number of carbonyl (C=O) groups excluding carboxylic acids is 1. The van der Waals surface area contributed by atoms with Gasteiger partial charge >= 0.3 is 0 Å². The molecule has 0 fully saturated rings. The lowest BCUT2D eigenvalue weighted by molar-refractivity contribution is 0.101. The summed E-state index contributed by atoms with van der Waals surface area (Å²) in [6.07, 6.45) is 3.21. The molecule has 0 radical (unpaired) electrons. The molecule has 1 aromatic heterocycles. The first-order valence-corrected chi connectivity index (χ1v) is 8.17. The van der Waals surface area contributed by atoms with Crippen molar-refractivity contribution in [3.05, 3.63) is 11.1 Å². The van der Waals surface area contributed by atoms with E-state index in [4.69, 9.17) is 11.6 Å². The van der Waals surface area contributed by atoms with E-state index in [0.29, 0.717) is 11.7 Å². The van der Waals surface area contributed by atoms with Gasteiger partial charge in [0.15, 0.2) is 10.9 Å². The number of anilines is 1. The molecule has 0 saturated carbocycles. The largest absolute Gasteiger partial charge is 0.348 e. The van der Waals surface area contributed by atoms with Crippen molar-refractivity contribution < 1.29 is 4.79 Å². The van der Waals surface area contributed by atoms with Crippen LogP contribution in [0.1, 0.15) is 23.8 Å². The number of thiazole rings is 1. The summed E-state index contributed by atoms with van der Waals surface area (Å²) >= 11 is 8.84. The summed E-state index contributed by atoms with van der Waals surface area (Å²) in [6, 6.07) is 0.424. The Bertz CT molecular complexity index is 370. The zero-order chi connectivity index (χ0) is 12.8. The summed E-state index contributed by atoms with van der Waals surface area (Å²) in [5.41, 5.74) is 0.476. The minimum Gasteiger partial charge on any atom is -0.348 e. The monoisotopic (exact) mass is 292 g/mol. The van der Waals surface area contributed by atoms with Crippen LogP contribution in [-0.2, 0) is 0 Å². The maximum Gasteiger partial charge on any atom is 0.196 e. The number of carbonyl (C=O) groups is 1. The Hall–Kier alpha value is -0.260. The fourth-order valence-corrected chi connectivity index (χ4v) is 2.91. The molecule has 0 bridgehead atoms. The third-order valence-corrected chi connectivity index (χ3v) is 4.42. The molecule has 3 nitrogen and oxygen atoms in total. The molecular weight excluding hydrogens is 276 g/mol. The maximum absolute atomic E-state index is 11.4. The lowest BCUT2D eigenvalue weighted by Crippen LogP contribution is -2.29. The third-order valence-electron chi connectivity index (χ3n) is 2.60. The predicted octanol–water partition coefficient (Wildman–Crippen LogP) is 3.14. The number of hydrogen-bond acceptors (Lipinski definition) is 5. The Balaban J connectivity index is 2.65. The van der Waals surface area contributed by atoms with E-state index < -0.39 is 0 Å². The van der Waals surface area contributed by atoms with Crippen LogP contribution >= 0.6 is 34.7 Å². The van der Waals surface area contributed by atoms with Crippen molar-refractivity contribution >= 4 is 45.6 Å². The molecule has 0 aromatic carbocycles. The van der Waals surface area contributed by atoms with Crippen LogP contribution in [0.2, 0.25) is 0 Å². The Morgan fingerprint density at radius 3 is 3.00 bits per heavy atom. The molecule has 17 heavy (non-hydrogen) atoms. The van der Waals surface area contributed by atoms with Gasteiger partial charge in [0.2, 0.25) is 0 Å². The van der Waals surface area contributed by atoms with Crippen molar-refractivity contribution in [2.45, 2.75) is 19.4 Å². The molecule has 0 N–H and O–H groups in total. The Labute approximate surface area is 116 Å². The number of hydrogen-bond donors (Lipinski definition) is 0. The topological polar surface area (TPSA) is 33.2 Å². The van der Waals surface area contributed by atoms with Crippen LogP contribution in [0.4, 0.5) is 5.13 Å². The van der Waals surface area contributed by atoms with Gasteiger partial charge in [-0.1, -0.05) is 0 Å². The number of aromatic nitrogens is 1. The van der Waals surface area contributed by atoms with Crippen LogP contribution in [-0.4, -0.2) is 41.7 Å². The smallest absolute Gasteiger partial charge is 0.196 e. The number of ketones is 1. The van der Waals surface area contributed by atoms with E-state index >= 15 is 0 Å². The minimum atomic E-state index is -0.112. The number of halogens is 1.